The van der Waals surface area contributed by atoms with Gasteiger partial charge in [0.05, 0.1) is 0 Å². The highest BCUT2D eigenvalue weighted by molar-refractivity contribution is 5.41. The molecule has 1 aliphatic rings. The van der Waals surface area contributed by atoms with E-state index >= 15 is 0 Å². The van der Waals surface area contributed by atoms with E-state index in [0.717, 1.165) is 17.7 Å². The first kappa shape index (κ1) is 11.2. The van der Waals surface area contributed by atoms with Gasteiger partial charge in [0.1, 0.15) is 5.82 Å². The van der Waals surface area contributed by atoms with Crippen LogP contribution in [0.1, 0.15) is 26.2 Å². The minimum Gasteiger partial charge on any atom is -0.367 e. The van der Waals surface area contributed by atoms with Crippen molar-refractivity contribution in [1.82, 2.24) is 9.97 Å². The van der Waals surface area contributed by atoms with Gasteiger partial charge in [0.2, 0.25) is 5.95 Å². The Kier molecular flexibility index (Phi) is 3.27. The van der Waals surface area contributed by atoms with E-state index in [1.165, 1.54) is 19.3 Å². The first-order valence-electron chi connectivity index (χ1n) is 5.93. The molecule has 0 amide bonds. The fraction of sp³-hybridized carbons (Fsp3) is 0.667. The lowest BCUT2D eigenvalue weighted by Gasteiger charge is -2.32. The predicted molar refractivity (Wildman–Crippen MR) is 66.8 cm³/mol. The molecule has 1 atom stereocenters. The summed E-state index contributed by atoms with van der Waals surface area (Å²) in [5.41, 5.74) is 0. The van der Waals surface area contributed by atoms with E-state index in [4.69, 9.17) is 0 Å². The smallest absolute Gasteiger partial charge is 0.226 e. The van der Waals surface area contributed by atoms with Crippen molar-refractivity contribution in [1.29, 1.82) is 0 Å². The Labute approximate surface area is 97.1 Å². The van der Waals surface area contributed by atoms with Crippen LogP contribution in [-0.4, -0.2) is 30.1 Å². The summed E-state index contributed by atoms with van der Waals surface area (Å²) < 4.78 is 0. The average molecular weight is 220 g/mol. The molecule has 0 aromatic carbocycles. The highest BCUT2D eigenvalue weighted by Gasteiger charge is 2.23. The molecule has 1 N–H and O–H groups in total. The monoisotopic (exact) mass is 220 g/mol. The zero-order valence-electron chi connectivity index (χ0n) is 10.3. The standard InChI is InChI=1S/C12H20N4/c1-9(10-5-4-6-10)14-11-7-8-13-12(15-11)16(2)3/h7-10H,4-6H2,1-3H3,(H,13,14,15). The minimum atomic E-state index is 0.513. The molecule has 0 bridgehead atoms. The third-order valence-electron chi connectivity index (χ3n) is 3.28. The topological polar surface area (TPSA) is 41.1 Å². The van der Waals surface area contributed by atoms with Crippen molar-refractivity contribution in [3.63, 3.8) is 0 Å². The molecule has 0 saturated heterocycles. The van der Waals surface area contributed by atoms with Gasteiger partial charge in [0.15, 0.2) is 0 Å². The first-order chi connectivity index (χ1) is 7.66. The third kappa shape index (κ3) is 2.43. The molecule has 0 aliphatic heterocycles. The molecule has 1 saturated carbocycles. The zero-order valence-corrected chi connectivity index (χ0v) is 10.3. The second-order valence-corrected chi connectivity index (χ2v) is 4.76. The van der Waals surface area contributed by atoms with Crippen molar-refractivity contribution >= 4 is 11.8 Å². The van der Waals surface area contributed by atoms with Crippen molar-refractivity contribution in [3.05, 3.63) is 12.3 Å². The molecule has 2 rings (SSSR count). The Bertz CT molecular complexity index is 347. The summed E-state index contributed by atoms with van der Waals surface area (Å²) in [4.78, 5) is 10.6. The number of anilines is 2. The van der Waals surface area contributed by atoms with Gasteiger partial charge in [-0.25, -0.2) is 4.98 Å². The van der Waals surface area contributed by atoms with Crippen molar-refractivity contribution in [2.24, 2.45) is 5.92 Å². The fourth-order valence-electron chi connectivity index (χ4n) is 1.94. The second kappa shape index (κ2) is 4.68. The van der Waals surface area contributed by atoms with E-state index in [-0.39, 0.29) is 0 Å². The number of nitrogens with one attached hydrogen (secondary N) is 1. The van der Waals surface area contributed by atoms with Gasteiger partial charge in [0.25, 0.3) is 0 Å². The van der Waals surface area contributed by atoms with Gasteiger partial charge in [-0.3, -0.25) is 0 Å². The summed E-state index contributed by atoms with van der Waals surface area (Å²) in [6.07, 6.45) is 5.88. The molecule has 1 heterocycles. The molecule has 1 unspecified atom stereocenters. The lowest BCUT2D eigenvalue weighted by molar-refractivity contribution is 0.285. The van der Waals surface area contributed by atoms with Crippen LogP contribution in [0.2, 0.25) is 0 Å². The summed E-state index contributed by atoms with van der Waals surface area (Å²) in [5, 5.41) is 3.46. The molecule has 0 spiro atoms. The Morgan fingerprint density at radius 1 is 1.44 bits per heavy atom. The minimum absolute atomic E-state index is 0.513. The molecule has 16 heavy (non-hydrogen) atoms. The van der Waals surface area contributed by atoms with Crippen LogP contribution >= 0.6 is 0 Å². The maximum absolute atomic E-state index is 4.46. The third-order valence-corrected chi connectivity index (χ3v) is 3.28. The van der Waals surface area contributed by atoms with Gasteiger partial charge in [-0.15, -0.1) is 0 Å². The van der Waals surface area contributed by atoms with E-state index in [1.807, 2.05) is 25.1 Å². The summed E-state index contributed by atoms with van der Waals surface area (Å²) in [6.45, 7) is 2.24. The van der Waals surface area contributed by atoms with Crippen LogP contribution in [0.15, 0.2) is 12.3 Å². The average Bonchev–Trinajstić information content (AvgIpc) is 2.15. The maximum Gasteiger partial charge on any atom is 0.226 e. The lowest BCUT2D eigenvalue weighted by Crippen LogP contribution is -2.31. The number of hydrogen-bond acceptors (Lipinski definition) is 4. The van der Waals surface area contributed by atoms with Crippen LogP contribution in [-0.2, 0) is 0 Å². The second-order valence-electron chi connectivity index (χ2n) is 4.76. The van der Waals surface area contributed by atoms with Gasteiger partial charge in [-0.1, -0.05) is 6.42 Å². The molecule has 1 fully saturated rings. The van der Waals surface area contributed by atoms with Gasteiger partial charge in [-0.05, 0) is 31.7 Å². The molecular weight excluding hydrogens is 200 g/mol. The number of aromatic nitrogens is 2. The van der Waals surface area contributed by atoms with Crippen molar-refractivity contribution < 1.29 is 0 Å². The van der Waals surface area contributed by atoms with E-state index < -0.39 is 0 Å². The van der Waals surface area contributed by atoms with E-state index in [9.17, 15) is 0 Å². The van der Waals surface area contributed by atoms with Crippen LogP contribution < -0.4 is 10.2 Å². The summed E-state index contributed by atoms with van der Waals surface area (Å²) >= 11 is 0. The van der Waals surface area contributed by atoms with E-state index in [0.29, 0.717) is 6.04 Å². The quantitative estimate of drug-likeness (QED) is 0.844. The summed E-state index contributed by atoms with van der Waals surface area (Å²) in [5.74, 6) is 2.50. The largest absolute Gasteiger partial charge is 0.367 e. The van der Waals surface area contributed by atoms with E-state index in [1.54, 1.807) is 6.20 Å². The highest BCUT2D eigenvalue weighted by atomic mass is 15.2. The summed E-state index contributed by atoms with van der Waals surface area (Å²) in [7, 11) is 3.91. The number of rotatable bonds is 4. The van der Waals surface area contributed by atoms with Crippen molar-refractivity contribution in [2.75, 3.05) is 24.3 Å². The van der Waals surface area contributed by atoms with Crippen LogP contribution in [0.4, 0.5) is 11.8 Å². The van der Waals surface area contributed by atoms with Crippen molar-refractivity contribution in [2.45, 2.75) is 32.2 Å². The molecule has 4 nitrogen and oxygen atoms in total. The fourth-order valence-corrected chi connectivity index (χ4v) is 1.94. The van der Waals surface area contributed by atoms with Gasteiger partial charge < -0.3 is 10.2 Å². The molecule has 1 aromatic rings. The predicted octanol–water partition coefficient (Wildman–Crippen LogP) is 2.14. The SMILES string of the molecule is CC(Nc1ccnc(N(C)C)n1)C1CCC1. The molecule has 4 heteroatoms. The van der Waals surface area contributed by atoms with Gasteiger partial charge in [-0.2, -0.15) is 4.98 Å². The highest BCUT2D eigenvalue weighted by Crippen LogP contribution is 2.30. The molecule has 1 aromatic heterocycles. The Hall–Kier alpha value is -1.32. The summed E-state index contributed by atoms with van der Waals surface area (Å²) in [6, 6.07) is 2.45. The van der Waals surface area contributed by atoms with Crippen LogP contribution in [0.3, 0.4) is 0 Å². The lowest BCUT2D eigenvalue weighted by atomic mass is 9.80. The molecule has 88 valence electrons. The van der Waals surface area contributed by atoms with E-state index in [2.05, 4.69) is 22.2 Å². The van der Waals surface area contributed by atoms with Gasteiger partial charge in [0, 0.05) is 26.3 Å². The number of hydrogen-bond donors (Lipinski definition) is 1. The van der Waals surface area contributed by atoms with Crippen LogP contribution in [0.25, 0.3) is 0 Å². The van der Waals surface area contributed by atoms with Gasteiger partial charge >= 0.3 is 0 Å². The van der Waals surface area contributed by atoms with Crippen LogP contribution in [0.5, 0.6) is 0 Å². The number of nitrogens with zero attached hydrogens (tertiary/aromatic N) is 3. The first-order valence-corrected chi connectivity index (χ1v) is 5.93. The zero-order chi connectivity index (χ0) is 11.5. The Morgan fingerprint density at radius 2 is 2.19 bits per heavy atom. The molecule has 1 aliphatic carbocycles. The maximum atomic E-state index is 4.46. The Morgan fingerprint density at radius 3 is 2.75 bits per heavy atom. The Balaban J connectivity index is 2.00. The molecule has 0 radical (unpaired) electrons. The van der Waals surface area contributed by atoms with Crippen molar-refractivity contribution in [3.8, 4) is 0 Å². The molecular formula is C12H20N4. The normalized spacial score (nSPS) is 17.7. The van der Waals surface area contributed by atoms with Crippen LogP contribution in [0, 0.1) is 5.92 Å².